The molecule has 6 nitrogen and oxygen atoms in total. The molecule has 0 bridgehead atoms. The fraction of sp³-hybridized carbons (Fsp3) is 0.833. The van der Waals surface area contributed by atoms with Crippen LogP contribution in [0.4, 0.5) is 4.79 Å². The molecule has 1 fully saturated rings. The van der Waals surface area contributed by atoms with Gasteiger partial charge in [-0.2, -0.15) is 0 Å². The molecule has 1 saturated heterocycles. The number of carboxylic acid groups (broad SMARTS) is 1. The van der Waals surface area contributed by atoms with Crippen molar-refractivity contribution in [3.8, 4) is 0 Å². The Morgan fingerprint density at radius 1 is 1.22 bits per heavy atom. The Bertz CT molecular complexity index is 341. The van der Waals surface area contributed by atoms with E-state index in [1.54, 1.807) is 20.8 Å². The summed E-state index contributed by atoms with van der Waals surface area (Å²) in [7, 11) is 0. The second-order valence-electron chi connectivity index (χ2n) is 5.91. The quantitative estimate of drug-likeness (QED) is 0.831. The summed E-state index contributed by atoms with van der Waals surface area (Å²) < 4.78 is 10.3. The summed E-state index contributed by atoms with van der Waals surface area (Å²) in [6.07, 6.45) is -0.622. The molecule has 0 aromatic carbocycles. The highest BCUT2D eigenvalue weighted by Crippen LogP contribution is 2.25. The van der Waals surface area contributed by atoms with E-state index in [4.69, 9.17) is 9.47 Å². The van der Waals surface area contributed by atoms with Gasteiger partial charge in [0.05, 0.1) is 19.3 Å². The van der Waals surface area contributed by atoms with E-state index in [1.165, 1.54) is 18.7 Å². The fourth-order valence-corrected chi connectivity index (χ4v) is 1.62. The van der Waals surface area contributed by atoms with E-state index in [1.807, 2.05) is 0 Å². The maximum Gasteiger partial charge on any atom is 0.411 e. The van der Waals surface area contributed by atoms with Crippen LogP contribution in [0.15, 0.2) is 0 Å². The van der Waals surface area contributed by atoms with Crippen molar-refractivity contribution >= 4 is 12.1 Å². The van der Waals surface area contributed by atoms with Gasteiger partial charge in [-0.3, -0.25) is 4.90 Å². The van der Waals surface area contributed by atoms with Crippen molar-refractivity contribution in [1.29, 1.82) is 0 Å². The summed E-state index contributed by atoms with van der Waals surface area (Å²) in [6.45, 7) is 8.89. The lowest BCUT2D eigenvalue weighted by Crippen LogP contribution is -2.63. The first-order valence-electron chi connectivity index (χ1n) is 5.89. The Labute approximate surface area is 107 Å². The van der Waals surface area contributed by atoms with Crippen LogP contribution in [0.1, 0.15) is 34.6 Å². The Morgan fingerprint density at radius 2 is 1.72 bits per heavy atom. The van der Waals surface area contributed by atoms with Crippen LogP contribution in [0.3, 0.4) is 0 Å². The highest BCUT2D eigenvalue weighted by Gasteiger charge is 2.46. The zero-order valence-electron chi connectivity index (χ0n) is 11.5. The van der Waals surface area contributed by atoms with E-state index in [9.17, 15) is 14.7 Å². The van der Waals surface area contributed by atoms with Crippen molar-refractivity contribution in [3.63, 3.8) is 0 Å². The van der Waals surface area contributed by atoms with Crippen molar-refractivity contribution in [3.05, 3.63) is 0 Å². The fourth-order valence-electron chi connectivity index (χ4n) is 1.62. The lowest BCUT2D eigenvalue weighted by atomic mass is 10.00. The van der Waals surface area contributed by atoms with E-state index in [2.05, 4.69) is 0 Å². The molecule has 0 radical (unpaired) electrons. The second kappa shape index (κ2) is 4.76. The van der Waals surface area contributed by atoms with E-state index in [0.717, 1.165) is 0 Å². The number of carboxylic acids is 1. The van der Waals surface area contributed by atoms with Crippen molar-refractivity contribution < 1.29 is 24.2 Å². The van der Waals surface area contributed by atoms with Gasteiger partial charge in [-0.25, -0.2) is 9.59 Å². The first kappa shape index (κ1) is 14.8. The Balaban J connectivity index is 2.92. The average Bonchev–Trinajstić information content (AvgIpc) is 2.06. The minimum absolute atomic E-state index is 0.244. The predicted octanol–water partition coefficient (Wildman–Crippen LogP) is 1.49. The summed E-state index contributed by atoms with van der Waals surface area (Å²) in [5.41, 5.74) is -1.98. The molecule has 0 aromatic heterocycles. The number of aliphatic carboxylic acids is 1. The molecule has 18 heavy (non-hydrogen) atoms. The zero-order valence-corrected chi connectivity index (χ0v) is 11.5. The van der Waals surface area contributed by atoms with E-state index in [0.29, 0.717) is 13.2 Å². The van der Waals surface area contributed by atoms with Gasteiger partial charge in [0, 0.05) is 0 Å². The second-order valence-corrected chi connectivity index (χ2v) is 5.91. The van der Waals surface area contributed by atoms with Gasteiger partial charge in [-0.15, -0.1) is 0 Å². The van der Waals surface area contributed by atoms with Crippen LogP contribution in [0.5, 0.6) is 0 Å². The lowest BCUT2D eigenvalue weighted by molar-refractivity contribution is -0.158. The molecule has 0 atom stereocenters. The molecule has 1 amide bonds. The van der Waals surface area contributed by atoms with Crippen LogP contribution in [-0.4, -0.2) is 52.5 Å². The molecule has 1 N–H and O–H groups in total. The Morgan fingerprint density at radius 3 is 2.00 bits per heavy atom. The van der Waals surface area contributed by atoms with Crippen molar-refractivity contribution in [2.75, 3.05) is 13.2 Å². The van der Waals surface area contributed by atoms with Crippen LogP contribution < -0.4 is 0 Å². The standard InChI is InChI=1S/C12H21NO5/c1-11(2,3)18-10(16)13(8-6-17-7-8)12(4,5)9(14)15/h8H,6-7H2,1-5H3,(H,14,15). The van der Waals surface area contributed by atoms with Crippen molar-refractivity contribution in [1.82, 2.24) is 4.90 Å². The highest BCUT2D eigenvalue weighted by molar-refractivity contribution is 5.84. The maximum atomic E-state index is 12.1. The molecule has 0 unspecified atom stereocenters. The molecule has 1 heterocycles. The van der Waals surface area contributed by atoms with E-state index < -0.39 is 23.2 Å². The zero-order chi connectivity index (χ0) is 14.1. The van der Waals surface area contributed by atoms with E-state index in [-0.39, 0.29) is 6.04 Å². The number of hydrogen-bond donors (Lipinski definition) is 1. The summed E-state index contributed by atoms with van der Waals surface area (Å²) in [6, 6.07) is -0.244. The predicted molar refractivity (Wildman–Crippen MR) is 64.4 cm³/mol. The molecular weight excluding hydrogens is 238 g/mol. The summed E-state index contributed by atoms with van der Waals surface area (Å²) in [4.78, 5) is 24.7. The van der Waals surface area contributed by atoms with Crippen molar-refractivity contribution in [2.24, 2.45) is 0 Å². The van der Waals surface area contributed by atoms with Gasteiger partial charge in [-0.1, -0.05) is 0 Å². The Kier molecular flexibility index (Phi) is 3.90. The molecule has 1 aliphatic heterocycles. The third kappa shape index (κ3) is 3.13. The molecule has 0 aromatic rings. The molecule has 1 rings (SSSR count). The van der Waals surface area contributed by atoms with Gasteiger partial charge in [0.15, 0.2) is 0 Å². The number of carbonyl (C=O) groups is 2. The van der Waals surface area contributed by atoms with E-state index >= 15 is 0 Å². The third-order valence-electron chi connectivity index (χ3n) is 2.70. The van der Waals surface area contributed by atoms with Gasteiger partial charge in [0.25, 0.3) is 0 Å². The van der Waals surface area contributed by atoms with Crippen molar-refractivity contribution in [2.45, 2.75) is 51.8 Å². The van der Waals surface area contributed by atoms with Crippen LogP contribution >= 0.6 is 0 Å². The van der Waals surface area contributed by atoms with Gasteiger partial charge in [0.1, 0.15) is 11.1 Å². The first-order valence-corrected chi connectivity index (χ1v) is 5.89. The van der Waals surface area contributed by atoms with Crippen LogP contribution in [0, 0.1) is 0 Å². The number of nitrogens with zero attached hydrogens (tertiary/aromatic N) is 1. The molecule has 1 aliphatic rings. The number of rotatable bonds is 3. The normalized spacial score (nSPS) is 16.9. The maximum absolute atomic E-state index is 12.1. The molecule has 104 valence electrons. The summed E-state index contributed by atoms with van der Waals surface area (Å²) >= 11 is 0. The molecule has 0 aliphatic carbocycles. The largest absolute Gasteiger partial charge is 0.480 e. The smallest absolute Gasteiger partial charge is 0.411 e. The van der Waals surface area contributed by atoms with Gasteiger partial charge in [0.2, 0.25) is 0 Å². The van der Waals surface area contributed by atoms with Crippen LogP contribution in [0.2, 0.25) is 0 Å². The molecule has 6 heteroatoms. The summed E-state index contributed by atoms with van der Waals surface area (Å²) in [5, 5.41) is 9.24. The number of carbonyl (C=O) groups excluding carboxylic acids is 1. The lowest BCUT2D eigenvalue weighted by Gasteiger charge is -2.44. The third-order valence-corrected chi connectivity index (χ3v) is 2.70. The monoisotopic (exact) mass is 259 g/mol. The molecule has 0 saturated carbocycles. The van der Waals surface area contributed by atoms with Crippen LogP contribution in [-0.2, 0) is 14.3 Å². The van der Waals surface area contributed by atoms with Gasteiger partial charge >= 0.3 is 12.1 Å². The number of amides is 1. The first-order chi connectivity index (χ1) is 8.05. The van der Waals surface area contributed by atoms with Gasteiger partial charge < -0.3 is 14.6 Å². The number of ether oxygens (including phenoxy) is 2. The minimum atomic E-state index is -1.32. The highest BCUT2D eigenvalue weighted by atomic mass is 16.6. The van der Waals surface area contributed by atoms with Gasteiger partial charge in [-0.05, 0) is 34.6 Å². The molecular formula is C12H21NO5. The minimum Gasteiger partial charge on any atom is -0.480 e. The number of hydrogen-bond acceptors (Lipinski definition) is 4. The SMILES string of the molecule is CC(C)(C)OC(=O)N(C1COC1)C(C)(C)C(=O)O. The molecule has 0 spiro atoms. The summed E-state index contributed by atoms with van der Waals surface area (Å²) in [5.74, 6) is -1.07. The average molecular weight is 259 g/mol. The Hall–Kier alpha value is -1.30. The van der Waals surface area contributed by atoms with Crippen LogP contribution in [0.25, 0.3) is 0 Å². The topological polar surface area (TPSA) is 76.1 Å².